The van der Waals surface area contributed by atoms with E-state index in [0.29, 0.717) is 34.6 Å². The van der Waals surface area contributed by atoms with Crippen molar-refractivity contribution >= 4 is 40.7 Å². The van der Waals surface area contributed by atoms with E-state index < -0.39 is 11.5 Å². The summed E-state index contributed by atoms with van der Waals surface area (Å²) in [6.45, 7) is 6.16. The van der Waals surface area contributed by atoms with Crippen LogP contribution in [0.25, 0.3) is 11.1 Å². The highest BCUT2D eigenvalue weighted by atomic mass is 35.5. The summed E-state index contributed by atoms with van der Waals surface area (Å²) >= 11 is 4.86. The number of amides is 3. The van der Waals surface area contributed by atoms with Crippen molar-refractivity contribution in [3.05, 3.63) is 71.0 Å². The lowest BCUT2D eigenvalue weighted by atomic mass is 9.91. The molecule has 3 heterocycles. The van der Waals surface area contributed by atoms with Crippen LogP contribution >= 0.6 is 11.6 Å². The number of hydrogen-bond acceptors (Lipinski definition) is 6. The second-order valence-corrected chi connectivity index (χ2v) is 12.3. The fraction of sp³-hybridized carbons (Fsp3) is 0.375. The quantitative estimate of drug-likeness (QED) is 0.326. The van der Waals surface area contributed by atoms with Gasteiger partial charge in [0.25, 0.3) is 11.8 Å². The van der Waals surface area contributed by atoms with Gasteiger partial charge >= 0.3 is 5.57 Å². The highest BCUT2D eigenvalue weighted by molar-refractivity contribution is 6.20. The van der Waals surface area contributed by atoms with Crippen molar-refractivity contribution in [2.75, 3.05) is 17.3 Å². The number of nitrogens with one attached hydrogen (secondary N) is 2. The van der Waals surface area contributed by atoms with E-state index in [0.717, 1.165) is 29.7 Å². The predicted octanol–water partition coefficient (Wildman–Crippen LogP) is 5.73. The molecule has 2 N–H and O–H groups in total. The van der Waals surface area contributed by atoms with Crippen LogP contribution in [0, 0.1) is 0 Å². The molecule has 230 valence electrons. The summed E-state index contributed by atoms with van der Waals surface area (Å²) < 4.78 is 30.4. The monoisotopic (exact) mass is 623 g/mol. The van der Waals surface area contributed by atoms with E-state index in [9.17, 15) is 23.2 Å². The van der Waals surface area contributed by atoms with Crippen molar-refractivity contribution in [1.82, 2.24) is 15.2 Å². The van der Waals surface area contributed by atoms with Crippen LogP contribution in [-0.2, 0) is 11.3 Å². The lowest BCUT2D eigenvalue weighted by molar-refractivity contribution is -0.119. The fourth-order valence-electron chi connectivity index (χ4n) is 6.85. The Morgan fingerprint density at radius 2 is 1.84 bits per heavy atom. The number of alkyl halides is 3. The van der Waals surface area contributed by atoms with Gasteiger partial charge in [0.15, 0.2) is 0 Å². The number of rotatable bonds is 7. The number of carbonyl (C=O) groups excluding carboxylic acids is 3. The van der Waals surface area contributed by atoms with Gasteiger partial charge in [-0.25, -0.2) is 0 Å². The molecule has 6 rings (SSSR count). The van der Waals surface area contributed by atoms with Crippen molar-refractivity contribution < 1.29 is 27.9 Å². The Morgan fingerprint density at radius 1 is 1.11 bits per heavy atom. The molecule has 1 fully saturated rings. The van der Waals surface area contributed by atoms with E-state index in [1.807, 2.05) is 12.1 Å². The largest absolute Gasteiger partial charge is 0.487 e. The molecular formula is C32H32ClF2N5O4. The molecule has 2 unspecified atom stereocenters. The number of fused-ring (bicyclic) bond motifs is 4. The molecule has 9 nitrogen and oxygen atoms in total. The maximum Gasteiger partial charge on any atom is 0.487 e. The Labute approximate surface area is 258 Å². The SMILES string of the molecule is CC(=O)N[C@H]1CCC2c3cc(C(=O)Nc4ccc(OC(F)(F)Cl)cc4)cc(-c4cnc5c(c4)C(=O)N(C)C5)c3N(C(C)C)C21. The molecule has 12 heteroatoms. The third-order valence-corrected chi connectivity index (χ3v) is 8.61. The number of anilines is 2. The smallest absolute Gasteiger partial charge is 0.420 e. The van der Waals surface area contributed by atoms with Crippen molar-refractivity contribution in [2.45, 2.75) is 69.8 Å². The van der Waals surface area contributed by atoms with Crippen LogP contribution in [0.3, 0.4) is 0 Å². The molecule has 44 heavy (non-hydrogen) atoms. The number of carbonyl (C=O) groups is 3. The number of halogens is 3. The number of ether oxygens (including phenoxy) is 1. The molecule has 1 aliphatic carbocycles. The molecule has 0 spiro atoms. The van der Waals surface area contributed by atoms with Gasteiger partial charge in [-0.15, -0.1) is 8.78 Å². The Hall–Kier alpha value is -4.25. The van der Waals surface area contributed by atoms with Gasteiger partial charge in [-0.1, -0.05) is 0 Å². The Morgan fingerprint density at radius 3 is 2.50 bits per heavy atom. The van der Waals surface area contributed by atoms with Crippen molar-refractivity contribution in [3.8, 4) is 16.9 Å². The zero-order chi connectivity index (χ0) is 31.5. The highest BCUT2D eigenvalue weighted by Crippen LogP contribution is 2.54. The van der Waals surface area contributed by atoms with Gasteiger partial charge in [0.05, 0.1) is 23.8 Å². The second-order valence-electron chi connectivity index (χ2n) is 11.8. The molecule has 3 atom stereocenters. The number of aromatic nitrogens is 1. The maximum atomic E-state index is 13.7. The summed E-state index contributed by atoms with van der Waals surface area (Å²) in [6, 6.07) is 11.0. The van der Waals surface area contributed by atoms with Crippen LogP contribution in [0.2, 0.25) is 0 Å². The van der Waals surface area contributed by atoms with Crippen LogP contribution in [0.15, 0.2) is 48.7 Å². The Balaban J connectivity index is 1.43. The lowest BCUT2D eigenvalue weighted by Gasteiger charge is -2.36. The summed E-state index contributed by atoms with van der Waals surface area (Å²) in [5.41, 5.74) is 1.59. The zero-order valence-corrected chi connectivity index (χ0v) is 25.4. The minimum absolute atomic E-state index is 0.00582. The van der Waals surface area contributed by atoms with Gasteiger partial charge in [0.1, 0.15) is 5.75 Å². The molecule has 3 aromatic rings. The fourth-order valence-corrected chi connectivity index (χ4v) is 6.94. The molecule has 3 amide bonds. The van der Waals surface area contributed by atoms with Gasteiger partial charge in [-0.3, -0.25) is 19.4 Å². The lowest BCUT2D eigenvalue weighted by Crippen LogP contribution is -2.50. The normalized spacial score (nSPS) is 20.5. The zero-order valence-electron chi connectivity index (χ0n) is 24.7. The minimum atomic E-state index is -3.85. The third-order valence-electron chi connectivity index (χ3n) is 8.53. The predicted molar refractivity (Wildman–Crippen MR) is 162 cm³/mol. The summed E-state index contributed by atoms with van der Waals surface area (Å²) in [6.07, 6.45) is 3.38. The number of benzene rings is 2. The summed E-state index contributed by atoms with van der Waals surface area (Å²) in [4.78, 5) is 47.2. The van der Waals surface area contributed by atoms with E-state index in [4.69, 9.17) is 11.6 Å². The highest BCUT2D eigenvalue weighted by Gasteiger charge is 2.49. The van der Waals surface area contributed by atoms with Gasteiger partial charge in [-0.2, -0.15) is 0 Å². The van der Waals surface area contributed by atoms with Crippen molar-refractivity contribution in [2.24, 2.45) is 0 Å². The standard InChI is InChI=1S/C32H32ClF2N5O4/c1-16(2)40-28-23(19-13-25-27(36-14-19)15-39(4)31(25)43)11-18(12-24(28)22-9-10-26(29(22)40)37-17(3)41)30(42)38-20-5-7-21(8-6-20)44-32(33,34)35/h5-8,11-14,16,22,26,29H,9-10,15H2,1-4H3,(H,37,41)(H,38,42)/t22?,26-,29?/m0/s1. The maximum absolute atomic E-state index is 13.7. The van der Waals surface area contributed by atoms with E-state index in [2.05, 4.69) is 39.1 Å². The molecule has 0 bridgehead atoms. The molecule has 0 saturated heterocycles. The van der Waals surface area contributed by atoms with E-state index >= 15 is 0 Å². The first-order valence-corrected chi connectivity index (χ1v) is 14.8. The van der Waals surface area contributed by atoms with Crippen LogP contribution in [-0.4, -0.2) is 58.3 Å². The first-order chi connectivity index (χ1) is 20.8. The molecule has 1 saturated carbocycles. The molecule has 2 aromatic carbocycles. The first kappa shape index (κ1) is 29.8. The van der Waals surface area contributed by atoms with Gasteiger partial charge < -0.3 is 25.2 Å². The summed E-state index contributed by atoms with van der Waals surface area (Å²) in [5, 5.41) is 5.98. The first-order valence-electron chi connectivity index (χ1n) is 14.5. The van der Waals surface area contributed by atoms with Crippen LogP contribution in [0.4, 0.5) is 20.2 Å². The number of pyridine rings is 1. The van der Waals surface area contributed by atoms with Gasteiger partial charge in [0.2, 0.25) is 5.91 Å². The number of nitrogens with zero attached hydrogens (tertiary/aromatic N) is 3. The summed E-state index contributed by atoms with van der Waals surface area (Å²) in [5.74, 6) is -0.678. The van der Waals surface area contributed by atoms with E-state index in [1.54, 1.807) is 24.2 Å². The second kappa shape index (κ2) is 11.0. The van der Waals surface area contributed by atoms with Crippen LogP contribution < -0.4 is 20.3 Å². The summed E-state index contributed by atoms with van der Waals surface area (Å²) in [7, 11) is 1.73. The van der Waals surface area contributed by atoms with Crippen LogP contribution in [0.1, 0.15) is 71.5 Å². The molecule has 2 aliphatic heterocycles. The molecule has 1 aromatic heterocycles. The average Bonchev–Trinajstić information content (AvgIpc) is 3.59. The minimum Gasteiger partial charge on any atom is -0.420 e. The molecule has 0 radical (unpaired) electrons. The third kappa shape index (κ3) is 5.45. The van der Waals surface area contributed by atoms with Gasteiger partial charge in [0, 0.05) is 77.8 Å². The Kier molecular flexibility index (Phi) is 7.47. The van der Waals surface area contributed by atoms with Crippen molar-refractivity contribution in [1.29, 1.82) is 0 Å². The average molecular weight is 624 g/mol. The van der Waals surface area contributed by atoms with E-state index in [-0.39, 0.29) is 41.6 Å². The topological polar surface area (TPSA) is 104 Å². The van der Waals surface area contributed by atoms with Crippen molar-refractivity contribution in [3.63, 3.8) is 0 Å². The van der Waals surface area contributed by atoms with E-state index in [1.165, 1.54) is 31.2 Å². The molecular weight excluding hydrogens is 592 g/mol. The molecule has 3 aliphatic rings. The Bertz CT molecular complexity index is 1660. The number of hydrogen-bond donors (Lipinski definition) is 2. The van der Waals surface area contributed by atoms with Gasteiger partial charge in [-0.05, 0) is 74.7 Å². The van der Waals surface area contributed by atoms with Crippen LogP contribution in [0.5, 0.6) is 5.75 Å².